The van der Waals surface area contributed by atoms with Gasteiger partial charge in [0.15, 0.2) is 0 Å². The van der Waals surface area contributed by atoms with Crippen LogP contribution in [0.1, 0.15) is 85.5 Å². The van der Waals surface area contributed by atoms with Crippen LogP contribution >= 0.6 is 0 Å². The van der Waals surface area contributed by atoms with E-state index in [1.807, 2.05) is 6.08 Å². The van der Waals surface area contributed by atoms with Gasteiger partial charge in [-0.25, -0.2) is 0 Å². The van der Waals surface area contributed by atoms with Crippen molar-refractivity contribution in [3.63, 3.8) is 0 Å². The van der Waals surface area contributed by atoms with Gasteiger partial charge in [-0.2, -0.15) is 0 Å². The standard InChI is InChI=1S/C19H35N/c1-6-7-8-9-10-11-12-13-17-20-18(2,3)15-14-16-19(20,4)5/h6,13,17H,1,7-12,14-16H2,2-5H3/b17-13+. The van der Waals surface area contributed by atoms with Crippen LogP contribution in [0, 0.1) is 0 Å². The van der Waals surface area contributed by atoms with Gasteiger partial charge in [0.05, 0.1) is 0 Å². The first kappa shape index (κ1) is 17.3. The fraction of sp³-hybridized carbons (Fsp3) is 0.789. The van der Waals surface area contributed by atoms with Crippen LogP contribution in [0.25, 0.3) is 0 Å². The van der Waals surface area contributed by atoms with Gasteiger partial charge < -0.3 is 4.90 Å². The van der Waals surface area contributed by atoms with E-state index in [2.05, 4.69) is 51.4 Å². The van der Waals surface area contributed by atoms with Crippen LogP contribution in [0.2, 0.25) is 0 Å². The molecule has 1 rings (SSSR count). The summed E-state index contributed by atoms with van der Waals surface area (Å²) in [5.41, 5.74) is 0.615. The second kappa shape index (κ2) is 7.90. The molecule has 0 aliphatic carbocycles. The Kier molecular flexibility index (Phi) is 6.85. The summed E-state index contributed by atoms with van der Waals surface area (Å²) >= 11 is 0. The van der Waals surface area contributed by atoms with E-state index >= 15 is 0 Å². The predicted molar refractivity (Wildman–Crippen MR) is 90.9 cm³/mol. The van der Waals surface area contributed by atoms with E-state index < -0.39 is 0 Å². The first-order chi connectivity index (χ1) is 9.40. The Morgan fingerprint density at radius 1 is 0.900 bits per heavy atom. The highest BCUT2D eigenvalue weighted by Gasteiger charge is 2.38. The van der Waals surface area contributed by atoms with E-state index in [9.17, 15) is 0 Å². The number of unbranched alkanes of at least 4 members (excludes halogenated alkanes) is 5. The van der Waals surface area contributed by atoms with Gasteiger partial charge in [-0.15, -0.1) is 6.58 Å². The smallest absolute Gasteiger partial charge is 0.0346 e. The Bertz CT molecular complexity index is 296. The average Bonchev–Trinajstić information content (AvgIpc) is 2.34. The van der Waals surface area contributed by atoms with Crippen molar-refractivity contribution in [2.45, 2.75) is 96.6 Å². The number of hydrogen-bond donors (Lipinski definition) is 0. The zero-order chi connectivity index (χ0) is 15.1. The highest BCUT2D eigenvalue weighted by Crippen LogP contribution is 2.38. The van der Waals surface area contributed by atoms with E-state index in [0.717, 1.165) is 0 Å². The van der Waals surface area contributed by atoms with Gasteiger partial charge in [-0.1, -0.05) is 25.0 Å². The number of nitrogens with zero attached hydrogens (tertiary/aromatic N) is 1. The molecule has 1 heteroatoms. The number of rotatable bonds is 8. The number of allylic oxidation sites excluding steroid dienone is 2. The van der Waals surface area contributed by atoms with Crippen LogP contribution in [-0.2, 0) is 0 Å². The minimum Gasteiger partial charge on any atom is -0.368 e. The molecule has 0 unspecified atom stereocenters. The van der Waals surface area contributed by atoms with Crippen molar-refractivity contribution in [1.29, 1.82) is 0 Å². The molecule has 0 spiro atoms. The van der Waals surface area contributed by atoms with E-state index in [0.29, 0.717) is 11.1 Å². The summed E-state index contributed by atoms with van der Waals surface area (Å²) in [7, 11) is 0. The molecule has 1 aliphatic heterocycles. The Balaban J connectivity index is 2.33. The lowest BCUT2D eigenvalue weighted by Crippen LogP contribution is -2.55. The lowest BCUT2D eigenvalue weighted by atomic mass is 9.80. The summed E-state index contributed by atoms with van der Waals surface area (Å²) in [5.74, 6) is 0. The molecule has 0 N–H and O–H groups in total. The normalized spacial score (nSPS) is 21.3. The lowest BCUT2D eigenvalue weighted by Gasteiger charge is -2.52. The second-order valence-corrected chi connectivity index (χ2v) is 7.51. The summed E-state index contributed by atoms with van der Waals surface area (Å²) in [4.78, 5) is 2.60. The minimum atomic E-state index is 0.308. The van der Waals surface area contributed by atoms with Crippen molar-refractivity contribution in [1.82, 2.24) is 4.90 Å². The molecule has 0 amide bonds. The van der Waals surface area contributed by atoms with E-state index in [-0.39, 0.29) is 0 Å². The van der Waals surface area contributed by atoms with Crippen molar-refractivity contribution in [2.24, 2.45) is 0 Å². The van der Waals surface area contributed by atoms with E-state index in [1.54, 1.807) is 0 Å². The fourth-order valence-corrected chi connectivity index (χ4v) is 3.50. The molecular formula is C19H35N. The molecule has 1 nitrogen and oxygen atoms in total. The quantitative estimate of drug-likeness (QED) is 0.384. The van der Waals surface area contributed by atoms with Crippen LogP contribution in [0.3, 0.4) is 0 Å². The molecule has 0 saturated carbocycles. The Morgan fingerprint density at radius 3 is 2.00 bits per heavy atom. The maximum absolute atomic E-state index is 3.77. The molecule has 1 fully saturated rings. The molecule has 0 aromatic rings. The molecule has 0 aromatic carbocycles. The van der Waals surface area contributed by atoms with Crippen molar-refractivity contribution in [3.05, 3.63) is 24.9 Å². The Morgan fingerprint density at radius 2 is 1.45 bits per heavy atom. The largest absolute Gasteiger partial charge is 0.368 e. The number of hydrogen-bond acceptors (Lipinski definition) is 1. The van der Waals surface area contributed by atoms with Crippen LogP contribution < -0.4 is 0 Å². The van der Waals surface area contributed by atoms with Gasteiger partial charge in [-0.3, -0.25) is 0 Å². The highest BCUT2D eigenvalue weighted by atomic mass is 15.2. The molecule has 1 aliphatic rings. The summed E-state index contributed by atoms with van der Waals surface area (Å²) < 4.78 is 0. The predicted octanol–water partition coefficient (Wildman–Crippen LogP) is 6.07. The molecule has 0 atom stereocenters. The van der Waals surface area contributed by atoms with Gasteiger partial charge in [0.25, 0.3) is 0 Å². The Hall–Kier alpha value is -0.720. The van der Waals surface area contributed by atoms with E-state index in [1.165, 1.54) is 57.8 Å². The van der Waals surface area contributed by atoms with Crippen LogP contribution in [0.4, 0.5) is 0 Å². The zero-order valence-electron chi connectivity index (χ0n) is 14.3. The second-order valence-electron chi connectivity index (χ2n) is 7.51. The van der Waals surface area contributed by atoms with Gasteiger partial charge in [0.2, 0.25) is 0 Å². The van der Waals surface area contributed by atoms with Crippen molar-refractivity contribution in [2.75, 3.05) is 0 Å². The lowest BCUT2D eigenvalue weighted by molar-refractivity contribution is 0.0188. The molecular weight excluding hydrogens is 242 g/mol. The maximum atomic E-state index is 3.77. The summed E-state index contributed by atoms with van der Waals surface area (Å²) in [5, 5.41) is 0. The third-order valence-corrected chi connectivity index (χ3v) is 4.66. The van der Waals surface area contributed by atoms with Gasteiger partial charge in [0.1, 0.15) is 0 Å². The first-order valence-electron chi connectivity index (χ1n) is 8.47. The first-order valence-corrected chi connectivity index (χ1v) is 8.47. The SMILES string of the molecule is C=CCCCCCC/C=C/N1C(C)(C)CCCC1(C)C. The minimum absolute atomic E-state index is 0.308. The van der Waals surface area contributed by atoms with Gasteiger partial charge in [-0.05, 0) is 78.8 Å². The summed E-state index contributed by atoms with van der Waals surface area (Å²) in [6, 6.07) is 0. The molecule has 1 heterocycles. The van der Waals surface area contributed by atoms with Crippen molar-refractivity contribution < 1.29 is 0 Å². The fourth-order valence-electron chi connectivity index (χ4n) is 3.50. The average molecular weight is 277 g/mol. The van der Waals surface area contributed by atoms with Crippen molar-refractivity contribution in [3.8, 4) is 0 Å². The molecule has 20 heavy (non-hydrogen) atoms. The zero-order valence-corrected chi connectivity index (χ0v) is 14.3. The van der Waals surface area contributed by atoms with Gasteiger partial charge >= 0.3 is 0 Å². The number of likely N-dealkylation sites (tertiary alicyclic amines) is 1. The molecule has 0 aromatic heterocycles. The topological polar surface area (TPSA) is 3.24 Å². The molecule has 0 bridgehead atoms. The third-order valence-electron chi connectivity index (χ3n) is 4.66. The molecule has 0 radical (unpaired) electrons. The van der Waals surface area contributed by atoms with Gasteiger partial charge in [0, 0.05) is 11.1 Å². The third kappa shape index (κ3) is 5.34. The van der Waals surface area contributed by atoms with Crippen molar-refractivity contribution >= 4 is 0 Å². The monoisotopic (exact) mass is 277 g/mol. The summed E-state index contributed by atoms with van der Waals surface area (Å²) in [6.45, 7) is 13.3. The Labute approximate surface area is 127 Å². The number of piperidine rings is 1. The van der Waals surface area contributed by atoms with Crippen LogP contribution in [0.5, 0.6) is 0 Å². The molecule has 116 valence electrons. The molecule has 1 saturated heterocycles. The highest BCUT2D eigenvalue weighted by molar-refractivity contribution is 5.03. The van der Waals surface area contributed by atoms with Crippen LogP contribution in [0.15, 0.2) is 24.9 Å². The van der Waals surface area contributed by atoms with E-state index in [4.69, 9.17) is 0 Å². The van der Waals surface area contributed by atoms with Crippen LogP contribution in [-0.4, -0.2) is 16.0 Å². The summed E-state index contributed by atoms with van der Waals surface area (Å²) in [6.07, 6.45) is 18.5. The maximum Gasteiger partial charge on any atom is 0.0346 e.